The Morgan fingerprint density at radius 2 is 2.29 bits per heavy atom. The lowest BCUT2D eigenvalue weighted by atomic mass is 10.0. The summed E-state index contributed by atoms with van der Waals surface area (Å²) in [5, 5.41) is 18.0. The second kappa shape index (κ2) is 4.07. The standard InChI is InChI=1S/C10H11FN2O/c1-6-8(11)3-2-7(10(6)14)9(13)4-5-12/h2-3,9,14H,4,13H2,1H3/t9-/m1/s1. The average Bonchev–Trinajstić information content (AvgIpc) is 2.15. The van der Waals surface area contributed by atoms with Crippen LogP contribution in [-0.4, -0.2) is 5.11 Å². The molecule has 1 atom stereocenters. The van der Waals surface area contributed by atoms with Gasteiger partial charge in [0.05, 0.1) is 12.5 Å². The maximum Gasteiger partial charge on any atom is 0.129 e. The van der Waals surface area contributed by atoms with E-state index in [0.29, 0.717) is 5.56 Å². The van der Waals surface area contributed by atoms with Crippen LogP contribution >= 0.6 is 0 Å². The Labute approximate surface area is 81.6 Å². The van der Waals surface area contributed by atoms with Gasteiger partial charge in [0.1, 0.15) is 11.6 Å². The quantitative estimate of drug-likeness (QED) is 0.753. The molecule has 0 unspecified atom stereocenters. The fraction of sp³-hybridized carbons (Fsp3) is 0.300. The van der Waals surface area contributed by atoms with Crippen LogP contribution in [-0.2, 0) is 0 Å². The highest BCUT2D eigenvalue weighted by Crippen LogP contribution is 2.29. The Balaban J connectivity index is 3.12. The minimum Gasteiger partial charge on any atom is -0.507 e. The highest BCUT2D eigenvalue weighted by atomic mass is 19.1. The highest BCUT2D eigenvalue weighted by molar-refractivity contribution is 5.42. The van der Waals surface area contributed by atoms with Gasteiger partial charge in [0.25, 0.3) is 0 Å². The molecule has 0 aliphatic heterocycles. The predicted octanol–water partition coefficient (Wildman–Crippen LogP) is 1.75. The van der Waals surface area contributed by atoms with Crippen molar-refractivity contribution in [1.82, 2.24) is 0 Å². The number of nitrogens with zero attached hydrogens (tertiary/aromatic N) is 1. The van der Waals surface area contributed by atoms with Crippen molar-refractivity contribution in [2.24, 2.45) is 5.73 Å². The number of nitrogens with two attached hydrogens (primary N) is 1. The number of rotatable bonds is 2. The van der Waals surface area contributed by atoms with Crippen molar-refractivity contribution in [2.45, 2.75) is 19.4 Å². The summed E-state index contributed by atoms with van der Waals surface area (Å²) in [6.07, 6.45) is 0.0959. The Kier molecular flexibility index (Phi) is 3.05. The second-order valence-corrected chi connectivity index (χ2v) is 3.08. The third kappa shape index (κ3) is 1.83. The zero-order chi connectivity index (χ0) is 10.7. The molecule has 0 aromatic heterocycles. The van der Waals surface area contributed by atoms with Gasteiger partial charge in [-0.1, -0.05) is 6.07 Å². The van der Waals surface area contributed by atoms with E-state index in [1.54, 1.807) is 0 Å². The molecular formula is C10H11FN2O. The number of benzene rings is 1. The van der Waals surface area contributed by atoms with Crippen LogP contribution in [0.3, 0.4) is 0 Å². The number of hydrogen-bond donors (Lipinski definition) is 2. The molecule has 74 valence electrons. The molecule has 0 radical (unpaired) electrons. The molecular weight excluding hydrogens is 183 g/mol. The fourth-order valence-electron chi connectivity index (χ4n) is 1.20. The van der Waals surface area contributed by atoms with Gasteiger partial charge in [-0.05, 0) is 13.0 Å². The van der Waals surface area contributed by atoms with Crippen molar-refractivity contribution in [3.05, 3.63) is 29.1 Å². The Morgan fingerprint density at radius 1 is 1.64 bits per heavy atom. The highest BCUT2D eigenvalue weighted by Gasteiger charge is 2.14. The first-order valence-electron chi connectivity index (χ1n) is 4.18. The smallest absolute Gasteiger partial charge is 0.129 e. The van der Waals surface area contributed by atoms with Gasteiger partial charge in [-0.3, -0.25) is 0 Å². The summed E-state index contributed by atoms with van der Waals surface area (Å²) in [6, 6.07) is 3.97. The summed E-state index contributed by atoms with van der Waals surface area (Å²) >= 11 is 0. The number of hydrogen-bond acceptors (Lipinski definition) is 3. The first-order chi connectivity index (χ1) is 6.57. The molecule has 4 heteroatoms. The largest absolute Gasteiger partial charge is 0.507 e. The van der Waals surface area contributed by atoms with Crippen molar-refractivity contribution in [3.8, 4) is 11.8 Å². The lowest BCUT2D eigenvalue weighted by Crippen LogP contribution is -2.10. The summed E-state index contributed by atoms with van der Waals surface area (Å²) < 4.78 is 12.9. The molecule has 3 nitrogen and oxygen atoms in total. The van der Waals surface area contributed by atoms with Crippen LogP contribution in [0.25, 0.3) is 0 Å². The summed E-state index contributed by atoms with van der Waals surface area (Å²) in [5.74, 6) is -0.636. The monoisotopic (exact) mass is 194 g/mol. The van der Waals surface area contributed by atoms with E-state index in [1.165, 1.54) is 19.1 Å². The predicted molar refractivity (Wildman–Crippen MR) is 50.0 cm³/mol. The molecule has 0 fully saturated rings. The molecule has 1 aromatic rings. The number of aromatic hydroxyl groups is 1. The molecule has 0 amide bonds. The second-order valence-electron chi connectivity index (χ2n) is 3.08. The Bertz CT molecular complexity index is 384. The molecule has 0 aliphatic carbocycles. The molecule has 1 rings (SSSR count). The van der Waals surface area contributed by atoms with E-state index >= 15 is 0 Å². The zero-order valence-corrected chi connectivity index (χ0v) is 7.79. The van der Waals surface area contributed by atoms with E-state index in [9.17, 15) is 9.50 Å². The van der Waals surface area contributed by atoms with Crippen molar-refractivity contribution in [2.75, 3.05) is 0 Å². The molecule has 0 saturated carbocycles. The van der Waals surface area contributed by atoms with E-state index < -0.39 is 11.9 Å². The molecule has 0 saturated heterocycles. The van der Waals surface area contributed by atoms with Crippen LogP contribution in [0, 0.1) is 24.1 Å². The minimum atomic E-state index is -0.570. The average molecular weight is 194 g/mol. The summed E-state index contributed by atoms with van der Waals surface area (Å²) in [5.41, 5.74) is 6.19. The molecule has 0 heterocycles. The van der Waals surface area contributed by atoms with Gasteiger partial charge in [-0.2, -0.15) is 5.26 Å². The molecule has 0 aliphatic rings. The van der Waals surface area contributed by atoms with Crippen LogP contribution in [0.15, 0.2) is 12.1 Å². The first kappa shape index (κ1) is 10.5. The molecule has 3 N–H and O–H groups in total. The van der Waals surface area contributed by atoms with Crippen molar-refractivity contribution in [3.63, 3.8) is 0 Å². The van der Waals surface area contributed by atoms with Crippen LogP contribution in [0.2, 0.25) is 0 Å². The van der Waals surface area contributed by atoms with Gasteiger partial charge >= 0.3 is 0 Å². The normalized spacial score (nSPS) is 12.1. The summed E-state index contributed by atoms with van der Waals surface area (Å²) in [4.78, 5) is 0. The number of phenols is 1. The zero-order valence-electron chi connectivity index (χ0n) is 7.79. The third-order valence-electron chi connectivity index (χ3n) is 2.11. The number of phenolic OH excluding ortho intramolecular Hbond substituents is 1. The van der Waals surface area contributed by atoms with Gasteiger partial charge in [0.2, 0.25) is 0 Å². The molecule has 14 heavy (non-hydrogen) atoms. The van der Waals surface area contributed by atoms with Crippen molar-refractivity contribution in [1.29, 1.82) is 5.26 Å². The maximum absolute atomic E-state index is 12.9. The summed E-state index contributed by atoms with van der Waals surface area (Å²) in [7, 11) is 0. The lowest BCUT2D eigenvalue weighted by Gasteiger charge is -2.12. The van der Waals surface area contributed by atoms with Gasteiger partial charge < -0.3 is 10.8 Å². The molecule has 0 spiro atoms. The SMILES string of the molecule is Cc1c(F)ccc([C@H](N)CC#N)c1O. The van der Waals surface area contributed by atoms with E-state index in [1.807, 2.05) is 6.07 Å². The molecule has 0 bridgehead atoms. The van der Waals surface area contributed by atoms with Gasteiger partial charge in [-0.25, -0.2) is 4.39 Å². The number of nitriles is 1. The van der Waals surface area contributed by atoms with Gasteiger partial charge in [-0.15, -0.1) is 0 Å². The Morgan fingerprint density at radius 3 is 2.86 bits per heavy atom. The minimum absolute atomic E-state index is 0.0959. The third-order valence-corrected chi connectivity index (χ3v) is 2.11. The van der Waals surface area contributed by atoms with Crippen molar-refractivity contribution < 1.29 is 9.50 Å². The van der Waals surface area contributed by atoms with E-state index in [4.69, 9.17) is 11.0 Å². The first-order valence-corrected chi connectivity index (χ1v) is 4.18. The van der Waals surface area contributed by atoms with E-state index in [0.717, 1.165) is 0 Å². The van der Waals surface area contributed by atoms with Crippen LogP contribution < -0.4 is 5.73 Å². The maximum atomic E-state index is 12.9. The Hall–Kier alpha value is -1.60. The van der Waals surface area contributed by atoms with Crippen LogP contribution in [0.5, 0.6) is 5.75 Å². The van der Waals surface area contributed by atoms with E-state index in [-0.39, 0.29) is 17.7 Å². The van der Waals surface area contributed by atoms with Crippen molar-refractivity contribution >= 4 is 0 Å². The van der Waals surface area contributed by atoms with Gasteiger partial charge in [0, 0.05) is 17.2 Å². The van der Waals surface area contributed by atoms with Crippen LogP contribution in [0.4, 0.5) is 4.39 Å². The van der Waals surface area contributed by atoms with E-state index in [2.05, 4.69) is 0 Å². The fourth-order valence-corrected chi connectivity index (χ4v) is 1.20. The summed E-state index contributed by atoms with van der Waals surface area (Å²) in [6.45, 7) is 1.47. The van der Waals surface area contributed by atoms with Crippen LogP contribution in [0.1, 0.15) is 23.6 Å². The molecule has 1 aromatic carbocycles. The topological polar surface area (TPSA) is 70.0 Å². The lowest BCUT2D eigenvalue weighted by molar-refractivity contribution is 0.450. The number of halogens is 1. The van der Waals surface area contributed by atoms with Gasteiger partial charge in [0.15, 0.2) is 0 Å².